The molecule has 0 fully saturated rings. The van der Waals surface area contributed by atoms with Gasteiger partial charge in [0, 0.05) is 5.75 Å². The van der Waals surface area contributed by atoms with Crippen LogP contribution < -0.4 is 4.74 Å². The molecule has 0 spiro atoms. The minimum atomic E-state index is -4.61. The molecule has 0 amide bonds. The average Bonchev–Trinajstić information content (AvgIpc) is 2.06. The number of hydrogen-bond donors (Lipinski definition) is 0. The Labute approximate surface area is 95.6 Å². The first-order valence-electron chi connectivity index (χ1n) is 3.59. The fourth-order valence-electron chi connectivity index (χ4n) is 0.850. The molecule has 0 radical (unpaired) electrons. The zero-order chi connectivity index (χ0) is 10.6. The lowest BCUT2D eigenvalue weighted by Gasteiger charge is -2.08. The largest absolute Gasteiger partial charge is 0.573 e. The summed E-state index contributed by atoms with van der Waals surface area (Å²) in [5, 5.41) is 0. The Morgan fingerprint density at radius 3 is 2.21 bits per heavy atom. The number of hydrogen-bond acceptors (Lipinski definition) is 2. The second-order valence-corrected chi connectivity index (χ2v) is 4.82. The van der Waals surface area contributed by atoms with E-state index in [1.807, 2.05) is 0 Å². The van der Waals surface area contributed by atoms with Gasteiger partial charge in [0.15, 0.2) is 0 Å². The van der Waals surface area contributed by atoms with Gasteiger partial charge < -0.3 is 4.74 Å². The molecule has 0 aromatic heterocycles. The molecule has 0 heterocycles. The lowest BCUT2D eigenvalue weighted by atomic mass is 10.2. The second-order valence-electron chi connectivity index (χ2n) is 2.45. The van der Waals surface area contributed by atoms with Crippen LogP contribution in [0.4, 0.5) is 13.2 Å². The third-order valence-corrected chi connectivity index (χ3v) is 2.75. The van der Waals surface area contributed by atoms with Crippen molar-refractivity contribution in [3.8, 4) is 5.75 Å². The molecule has 78 valence electrons. The van der Waals surface area contributed by atoms with Crippen LogP contribution >= 0.6 is 30.1 Å². The highest BCUT2D eigenvalue weighted by Gasteiger charge is 2.30. The van der Waals surface area contributed by atoms with Crippen LogP contribution in [-0.4, -0.2) is 6.36 Å². The van der Waals surface area contributed by atoms with Crippen molar-refractivity contribution >= 4 is 30.1 Å². The maximum atomic E-state index is 11.8. The molecule has 0 unspecified atom stereocenters. The standard InChI is InChI=1S/C8H6F3IOS/c9-8(10,11)13-7-3-1-6(2-4-7)5-14-12/h1-4H,5H2. The number of rotatable bonds is 3. The molecule has 0 saturated heterocycles. The molecule has 1 rings (SSSR count). The first-order chi connectivity index (χ1) is 6.51. The smallest absolute Gasteiger partial charge is 0.406 e. The molecule has 1 aromatic rings. The van der Waals surface area contributed by atoms with Crippen molar-refractivity contribution in [3.63, 3.8) is 0 Å². The molecule has 0 saturated carbocycles. The highest BCUT2D eigenvalue weighted by atomic mass is 127. The SMILES string of the molecule is FC(F)(F)Oc1ccc(CSI)cc1. The van der Waals surface area contributed by atoms with Crippen molar-refractivity contribution in [3.05, 3.63) is 29.8 Å². The molecule has 0 bridgehead atoms. The van der Waals surface area contributed by atoms with Crippen molar-refractivity contribution in [2.45, 2.75) is 12.1 Å². The van der Waals surface area contributed by atoms with Crippen molar-refractivity contribution in [1.82, 2.24) is 0 Å². The molecule has 1 nitrogen and oxygen atoms in total. The summed E-state index contributed by atoms with van der Waals surface area (Å²) in [6.07, 6.45) is -4.61. The van der Waals surface area contributed by atoms with Gasteiger partial charge in [-0.2, -0.15) is 0 Å². The summed E-state index contributed by atoms with van der Waals surface area (Å²) in [5.74, 6) is 0.590. The Kier molecular flexibility index (Phi) is 4.36. The van der Waals surface area contributed by atoms with Gasteiger partial charge in [0.05, 0.1) is 0 Å². The van der Waals surface area contributed by atoms with Gasteiger partial charge in [-0.1, -0.05) is 21.1 Å². The Hall–Kier alpha value is -0.110. The maximum Gasteiger partial charge on any atom is 0.573 e. The van der Waals surface area contributed by atoms with Crippen molar-refractivity contribution in [2.24, 2.45) is 0 Å². The predicted octanol–water partition coefficient (Wildman–Crippen LogP) is 4.17. The molecule has 1 aromatic carbocycles. The summed E-state index contributed by atoms with van der Waals surface area (Å²) in [5.41, 5.74) is 0.971. The van der Waals surface area contributed by atoms with E-state index in [0.29, 0.717) is 0 Å². The third kappa shape index (κ3) is 4.41. The van der Waals surface area contributed by atoms with E-state index in [-0.39, 0.29) is 5.75 Å². The molecular weight excluding hydrogens is 328 g/mol. The Morgan fingerprint density at radius 1 is 1.21 bits per heavy atom. The molecular formula is C8H6F3IOS. The van der Waals surface area contributed by atoms with Gasteiger partial charge in [-0.15, -0.1) is 13.2 Å². The highest BCUT2D eigenvalue weighted by molar-refractivity contribution is 14.2. The Bertz CT molecular complexity index is 286. The molecule has 6 heteroatoms. The number of alkyl halides is 3. The van der Waals surface area contributed by atoms with Crippen molar-refractivity contribution < 1.29 is 17.9 Å². The zero-order valence-corrected chi connectivity index (χ0v) is 9.82. The maximum absolute atomic E-state index is 11.8. The summed E-state index contributed by atoms with van der Waals surface area (Å²) < 4.78 is 39.0. The minimum absolute atomic E-state index is 0.181. The van der Waals surface area contributed by atoms with E-state index in [2.05, 4.69) is 25.9 Å². The van der Waals surface area contributed by atoms with Gasteiger partial charge in [0.1, 0.15) is 5.75 Å². The Morgan fingerprint density at radius 2 is 1.79 bits per heavy atom. The summed E-state index contributed by atoms with van der Waals surface area (Å²) in [7, 11) is 1.58. The number of benzene rings is 1. The van der Waals surface area contributed by atoms with Crippen molar-refractivity contribution in [1.29, 1.82) is 0 Å². The molecule has 0 aliphatic rings. The first-order valence-corrected chi connectivity index (χ1v) is 7.12. The highest BCUT2D eigenvalue weighted by Crippen LogP contribution is 2.24. The van der Waals surface area contributed by atoms with Crippen LogP contribution in [0.5, 0.6) is 5.75 Å². The van der Waals surface area contributed by atoms with E-state index in [0.717, 1.165) is 11.3 Å². The van der Waals surface area contributed by atoms with Crippen LogP contribution in [0.25, 0.3) is 0 Å². The van der Waals surface area contributed by atoms with Gasteiger partial charge in [0.2, 0.25) is 0 Å². The molecule has 0 atom stereocenters. The molecule has 14 heavy (non-hydrogen) atoms. The van der Waals surface area contributed by atoms with Crippen LogP contribution in [0.3, 0.4) is 0 Å². The fraction of sp³-hybridized carbons (Fsp3) is 0.250. The third-order valence-electron chi connectivity index (χ3n) is 1.38. The lowest BCUT2D eigenvalue weighted by molar-refractivity contribution is -0.274. The van der Waals surface area contributed by atoms with E-state index in [1.165, 1.54) is 12.1 Å². The summed E-state index contributed by atoms with van der Waals surface area (Å²) >= 11 is 2.13. The summed E-state index contributed by atoms with van der Waals surface area (Å²) in [4.78, 5) is 0. The first kappa shape index (κ1) is 12.0. The quantitative estimate of drug-likeness (QED) is 0.768. The van der Waals surface area contributed by atoms with E-state index in [9.17, 15) is 13.2 Å². The van der Waals surface area contributed by atoms with E-state index in [4.69, 9.17) is 0 Å². The molecule has 0 aliphatic carbocycles. The normalized spacial score (nSPS) is 11.4. The van der Waals surface area contributed by atoms with Crippen molar-refractivity contribution in [2.75, 3.05) is 0 Å². The fourth-order valence-corrected chi connectivity index (χ4v) is 2.25. The summed E-state index contributed by atoms with van der Waals surface area (Å²) in [6.45, 7) is 0. The van der Waals surface area contributed by atoms with Crippen LogP contribution in [0.2, 0.25) is 0 Å². The van der Waals surface area contributed by atoms with Gasteiger partial charge in [-0.3, -0.25) is 0 Å². The second kappa shape index (κ2) is 5.11. The van der Waals surface area contributed by atoms with E-state index >= 15 is 0 Å². The van der Waals surface area contributed by atoms with Crippen LogP contribution in [0.1, 0.15) is 5.56 Å². The van der Waals surface area contributed by atoms with Crippen LogP contribution in [0.15, 0.2) is 24.3 Å². The monoisotopic (exact) mass is 334 g/mol. The molecule has 0 aliphatic heterocycles. The van der Waals surface area contributed by atoms with Crippen LogP contribution in [0, 0.1) is 0 Å². The lowest BCUT2D eigenvalue weighted by Crippen LogP contribution is -2.16. The number of halogens is 4. The van der Waals surface area contributed by atoms with Gasteiger partial charge >= 0.3 is 6.36 Å². The number of ether oxygens (including phenoxy) is 1. The van der Waals surface area contributed by atoms with E-state index < -0.39 is 6.36 Å². The Balaban J connectivity index is 2.64. The zero-order valence-electron chi connectivity index (χ0n) is 6.84. The van der Waals surface area contributed by atoms with Gasteiger partial charge in [-0.25, -0.2) is 0 Å². The van der Waals surface area contributed by atoms with E-state index in [1.54, 1.807) is 21.1 Å². The van der Waals surface area contributed by atoms with Gasteiger partial charge in [-0.05, 0) is 38.9 Å². The summed E-state index contributed by atoms with van der Waals surface area (Å²) in [6, 6.07) is 5.87. The predicted molar refractivity (Wildman–Crippen MR) is 58.4 cm³/mol. The topological polar surface area (TPSA) is 9.23 Å². The van der Waals surface area contributed by atoms with Gasteiger partial charge in [0.25, 0.3) is 0 Å². The average molecular weight is 334 g/mol. The minimum Gasteiger partial charge on any atom is -0.406 e. The molecule has 0 N–H and O–H groups in total. The van der Waals surface area contributed by atoms with Crippen LogP contribution in [-0.2, 0) is 5.75 Å².